The monoisotopic (exact) mass is 168 g/mol. The lowest BCUT2D eigenvalue weighted by atomic mass is 10.4. The summed E-state index contributed by atoms with van der Waals surface area (Å²) in [5, 5.41) is 7.88. The van der Waals surface area contributed by atoms with Crippen molar-refractivity contribution in [2.24, 2.45) is 0 Å². The third kappa shape index (κ3) is 16.1. The van der Waals surface area contributed by atoms with Crippen LogP contribution in [-0.2, 0) is 0 Å². The number of benzene rings is 1. The summed E-state index contributed by atoms with van der Waals surface area (Å²) in [5.74, 6) is 0. The van der Waals surface area contributed by atoms with Gasteiger partial charge in [-0.2, -0.15) is 0 Å². The van der Waals surface area contributed by atoms with Crippen LogP contribution in [-0.4, -0.2) is 11.7 Å². The third-order valence-corrected chi connectivity index (χ3v) is 0.890. The minimum Gasteiger partial charge on any atom is -0.396 e. The average Bonchev–Trinajstić information content (AvgIpc) is 2.24. The maximum atomic E-state index is 7.88. The van der Waals surface area contributed by atoms with Gasteiger partial charge in [-0.3, -0.25) is 0 Å². The van der Waals surface area contributed by atoms with E-state index in [1.165, 1.54) is 0 Å². The highest BCUT2D eigenvalue weighted by Crippen LogP contribution is 1.79. The topological polar surface area (TPSA) is 20.2 Å². The van der Waals surface area contributed by atoms with Gasteiger partial charge in [0.15, 0.2) is 0 Å². The first-order chi connectivity index (χ1) is 5.91. The third-order valence-electron chi connectivity index (χ3n) is 0.890. The van der Waals surface area contributed by atoms with E-state index in [0.29, 0.717) is 6.61 Å². The summed E-state index contributed by atoms with van der Waals surface area (Å²) in [6, 6.07) is 12.0. The average molecular weight is 168 g/mol. The summed E-state index contributed by atoms with van der Waals surface area (Å²) in [5.41, 5.74) is 0. The first-order valence-corrected chi connectivity index (χ1v) is 4.52. The molecule has 0 spiro atoms. The van der Waals surface area contributed by atoms with Crippen LogP contribution in [0.15, 0.2) is 36.4 Å². The number of aliphatic hydroxyl groups is 1. The van der Waals surface area contributed by atoms with E-state index in [9.17, 15) is 0 Å². The Morgan fingerprint density at radius 1 is 0.833 bits per heavy atom. The molecule has 0 atom stereocenters. The van der Waals surface area contributed by atoms with Crippen molar-refractivity contribution in [2.45, 2.75) is 27.2 Å². The van der Waals surface area contributed by atoms with Gasteiger partial charge in [0, 0.05) is 6.61 Å². The van der Waals surface area contributed by atoms with Crippen molar-refractivity contribution in [2.75, 3.05) is 6.61 Å². The molecule has 0 amide bonds. The molecule has 1 aromatic rings. The molecule has 0 saturated heterocycles. The molecule has 0 aliphatic rings. The molecule has 0 aliphatic heterocycles. The second-order valence-electron chi connectivity index (χ2n) is 1.88. The van der Waals surface area contributed by atoms with Gasteiger partial charge in [-0.05, 0) is 6.42 Å². The van der Waals surface area contributed by atoms with Gasteiger partial charge in [0.1, 0.15) is 0 Å². The molecule has 0 heterocycles. The molecule has 0 unspecified atom stereocenters. The zero-order valence-corrected chi connectivity index (χ0v) is 8.33. The Morgan fingerprint density at radius 2 is 1.00 bits per heavy atom. The van der Waals surface area contributed by atoms with Crippen molar-refractivity contribution in [3.05, 3.63) is 36.4 Å². The van der Waals surface area contributed by atoms with E-state index in [1.54, 1.807) is 0 Å². The number of aliphatic hydroxyl groups excluding tert-OH is 1. The summed E-state index contributed by atoms with van der Waals surface area (Å²) in [7, 11) is 0. The molecule has 0 saturated carbocycles. The van der Waals surface area contributed by atoms with Crippen LogP contribution in [0.4, 0.5) is 0 Å². The summed E-state index contributed by atoms with van der Waals surface area (Å²) < 4.78 is 0. The smallest absolute Gasteiger partial charge is 0.0428 e. The molecule has 0 radical (unpaired) electrons. The molecular weight excluding hydrogens is 148 g/mol. The maximum absolute atomic E-state index is 7.88. The van der Waals surface area contributed by atoms with Crippen molar-refractivity contribution in [1.82, 2.24) is 0 Å². The van der Waals surface area contributed by atoms with Crippen LogP contribution in [0.5, 0.6) is 0 Å². The number of hydrogen-bond acceptors (Lipinski definition) is 1. The predicted octanol–water partition coefficient (Wildman–Crippen LogP) is 3.10. The second kappa shape index (κ2) is 16.6. The summed E-state index contributed by atoms with van der Waals surface area (Å²) in [6.45, 7) is 6.25. The first kappa shape index (κ1) is 13.7. The van der Waals surface area contributed by atoms with E-state index >= 15 is 0 Å². The van der Waals surface area contributed by atoms with Gasteiger partial charge in [0.05, 0.1) is 0 Å². The number of hydrogen-bond donors (Lipinski definition) is 1. The summed E-state index contributed by atoms with van der Waals surface area (Å²) in [4.78, 5) is 0. The fourth-order valence-corrected chi connectivity index (χ4v) is 0.385. The highest BCUT2D eigenvalue weighted by atomic mass is 16.2. The van der Waals surface area contributed by atoms with E-state index in [4.69, 9.17) is 5.11 Å². The highest BCUT2D eigenvalue weighted by Gasteiger charge is 1.58. The quantitative estimate of drug-likeness (QED) is 0.683. The lowest BCUT2D eigenvalue weighted by Gasteiger charge is -1.69. The SMILES string of the molecule is CC.CCCO.c1ccccc1. The molecular formula is C11H20O. The molecule has 1 N–H and O–H groups in total. The molecule has 1 aromatic carbocycles. The normalized spacial score (nSPS) is 7.00. The van der Waals surface area contributed by atoms with Crippen LogP contribution in [0.3, 0.4) is 0 Å². The minimum atomic E-state index is 0.319. The van der Waals surface area contributed by atoms with Gasteiger partial charge >= 0.3 is 0 Å². The van der Waals surface area contributed by atoms with E-state index in [2.05, 4.69) is 0 Å². The molecule has 70 valence electrons. The zero-order valence-electron chi connectivity index (χ0n) is 8.33. The Kier molecular flexibility index (Phi) is 19.1. The molecule has 0 aliphatic carbocycles. The highest BCUT2D eigenvalue weighted by molar-refractivity contribution is 4.99. The van der Waals surface area contributed by atoms with Crippen LogP contribution in [0, 0.1) is 0 Å². The van der Waals surface area contributed by atoms with Gasteiger partial charge in [-0.15, -0.1) is 0 Å². The van der Waals surface area contributed by atoms with Crippen molar-refractivity contribution in [1.29, 1.82) is 0 Å². The molecule has 0 fully saturated rings. The van der Waals surface area contributed by atoms with Gasteiger partial charge in [-0.25, -0.2) is 0 Å². The van der Waals surface area contributed by atoms with Crippen molar-refractivity contribution in [3.63, 3.8) is 0 Å². The lowest BCUT2D eigenvalue weighted by Crippen LogP contribution is -1.69. The van der Waals surface area contributed by atoms with Crippen molar-refractivity contribution < 1.29 is 5.11 Å². The van der Waals surface area contributed by atoms with Gasteiger partial charge in [0.2, 0.25) is 0 Å². The van der Waals surface area contributed by atoms with Gasteiger partial charge in [-0.1, -0.05) is 57.2 Å². The van der Waals surface area contributed by atoms with Crippen LogP contribution >= 0.6 is 0 Å². The molecule has 1 rings (SSSR count). The maximum Gasteiger partial charge on any atom is 0.0428 e. The Balaban J connectivity index is 0. The Hall–Kier alpha value is -0.820. The standard InChI is InChI=1S/C6H6.C3H8O.C2H6/c1-2-4-6-5-3-1;1-2-3-4;1-2/h1-6H;4H,2-3H2,1H3;1-2H3. The zero-order chi connectivity index (χ0) is 9.66. The summed E-state index contributed by atoms with van der Waals surface area (Å²) in [6.07, 6.45) is 0.875. The molecule has 0 bridgehead atoms. The van der Waals surface area contributed by atoms with Crippen molar-refractivity contribution >= 4 is 0 Å². The largest absolute Gasteiger partial charge is 0.396 e. The van der Waals surface area contributed by atoms with Gasteiger partial charge in [0.25, 0.3) is 0 Å². The second-order valence-corrected chi connectivity index (χ2v) is 1.88. The van der Waals surface area contributed by atoms with Crippen LogP contribution in [0.1, 0.15) is 27.2 Å². The van der Waals surface area contributed by atoms with Crippen LogP contribution in [0.2, 0.25) is 0 Å². The van der Waals surface area contributed by atoms with E-state index < -0.39 is 0 Å². The molecule has 1 heteroatoms. The first-order valence-electron chi connectivity index (χ1n) is 4.52. The summed E-state index contributed by atoms with van der Waals surface area (Å²) >= 11 is 0. The Labute approximate surface area is 76.1 Å². The lowest BCUT2D eigenvalue weighted by molar-refractivity contribution is 0.295. The fourth-order valence-electron chi connectivity index (χ4n) is 0.385. The number of rotatable bonds is 1. The Morgan fingerprint density at radius 3 is 1.08 bits per heavy atom. The predicted molar refractivity (Wildman–Crippen MR) is 55.2 cm³/mol. The Bertz CT molecular complexity index is 97.0. The van der Waals surface area contributed by atoms with E-state index in [-0.39, 0.29) is 0 Å². The van der Waals surface area contributed by atoms with Crippen LogP contribution in [0.25, 0.3) is 0 Å². The van der Waals surface area contributed by atoms with E-state index in [1.807, 2.05) is 57.2 Å². The van der Waals surface area contributed by atoms with Crippen molar-refractivity contribution in [3.8, 4) is 0 Å². The van der Waals surface area contributed by atoms with Crippen LogP contribution < -0.4 is 0 Å². The van der Waals surface area contributed by atoms with Gasteiger partial charge < -0.3 is 5.11 Å². The fraction of sp³-hybridized carbons (Fsp3) is 0.455. The molecule has 1 nitrogen and oxygen atoms in total. The molecule has 12 heavy (non-hydrogen) atoms. The minimum absolute atomic E-state index is 0.319. The molecule has 0 aromatic heterocycles. The van der Waals surface area contributed by atoms with E-state index in [0.717, 1.165) is 6.42 Å².